The van der Waals surface area contributed by atoms with Crippen molar-refractivity contribution in [3.05, 3.63) is 66.7 Å². The lowest BCUT2D eigenvalue weighted by atomic mass is 10.0. The minimum Gasteiger partial charge on any atom is -0.467 e. The van der Waals surface area contributed by atoms with Gasteiger partial charge in [-0.05, 0) is 35.2 Å². The third kappa shape index (κ3) is 8.67. The van der Waals surface area contributed by atoms with Gasteiger partial charge < -0.3 is 14.8 Å². The van der Waals surface area contributed by atoms with E-state index in [1.807, 2.05) is 48.5 Å². The molecule has 6 nitrogen and oxygen atoms in total. The van der Waals surface area contributed by atoms with Crippen LogP contribution in [-0.4, -0.2) is 45.4 Å². The summed E-state index contributed by atoms with van der Waals surface area (Å²) in [6, 6.07) is 15.8. The molecular formula is C28H38N2O4. The van der Waals surface area contributed by atoms with Crippen LogP contribution in [0.5, 0.6) is 0 Å². The summed E-state index contributed by atoms with van der Waals surface area (Å²) in [5, 5.41) is 3.00. The van der Waals surface area contributed by atoms with Crippen molar-refractivity contribution in [1.29, 1.82) is 0 Å². The van der Waals surface area contributed by atoms with Gasteiger partial charge in [0.25, 0.3) is 0 Å². The van der Waals surface area contributed by atoms with Gasteiger partial charge in [-0.3, -0.25) is 4.90 Å². The number of esters is 1. The van der Waals surface area contributed by atoms with E-state index in [2.05, 4.69) is 18.8 Å². The summed E-state index contributed by atoms with van der Waals surface area (Å²) < 4.78 is 10.4. The molecule has 184 valence electrons. The van der Waals surface area contributed by atoms with Gasteiger partial charge in [-0.2, -0.15) is 0 Å². The normalized spacial score (nSPS) is 11.5. The number of hydrogen-bond donors (Lipinski definition) is 1. The molecule has 0 saturated heterocycles. The quantitative estimate of drug-likeness (QED) is 0.218. The predicted molar refractivity (Wildman–Crippen MR) is 138 cm³/mol. The molecule has 6 heteroatoms. The smallest absolute Gasteiger partial charge is 0.335 e. The van der Waals surface area contributed by atoms with Crippen molar-refractivity contribution >= 4 is 17.7 Å². The van der Waals surface area contributed by atoms with Crippen LogP contribution in [0.25, 0.3) is 11.1 Å². The summed E-state index contributed by atoms with van der Waals surface area (Å²) in [5.41, 5.74) is 3.83. The first kappa shape index (κ1) is 27.1. The molecule has 0 saturated carbocycles. The molecule has 1 N–H and O–H groups in total. The zero-order valence-electron chi connectivity index (χ0n) is 20.7. The largest absolute Gasteiger partial charge is 0.467 e. The monoisotopic (exact) mass is 466 g/mol. The number of methoxy groups -OCH3 is 1. The van der Waals surface area contributed by atoms with Gasteiger partial charge >= 0.3 is 12.0 Å². The van der Waals surface area contributed by atoms with E-state index >= 15 is 0 Å². The number of hydrogen-bond acceptors (Lipinski definition) is 4. The Hall–Kier alpha value is -3.12. The lowest BCUT2D eigenvalue weighted by Gasteiger charge is -2.19. The molecule has 2 rings (SSSR count). The van der Waals surface area contributed by atoms with Gasteiger partial charge in [0.05, 0.1) is 13.7 Å². The van der Waals surface area contributed by atoms with E-state index in [1.165, 1.54) is 26.4 Å². The number of carbonyl (C=O) groups excluding carboxylic acids is 2. The van der Waals surface area contributed by atoms with Crippen molar-refractivity contribution in [3.63, 3.8) is 0 Å². The average Bonchev–Trinajstić information content (AvgIpc) is 2.87. The van der Waals surface area contributed by atoms with Crippen molar-refractivity contribution < 1.29 is 19.1 Å². The van der Waals surface area contributed by atoms with Crippen molar-refractivity contribution in [2.75, 3.05) is 32.2 Å². The van der Waals surface area contributed by atoms with E-state index in [-0.39, 0.29) is 12.6 Å². The lowest BCUT2D eigenvalue weighted by molar-refractivity contribution is -0.153. The summed E-state index contributed by atoms with van der Waals surface area (Å²) in [6.07, 6.45) is 7.18. The minimum atomic E-state index is -0.670. The molecule has 2 aromatic rings. The minimum absolute atomic E-state index is 0.101. The molecule has 1 atom stereocenters. The van der Waals surface area contributed by atoms with Crippen LogP contribution >= 0.6 is 0 Å². The fraction of sp³-hybridized carbons (Fsp3) is 0.429. The third-order valence-corrected chi connectivity index (χ3v) is 5.68. The van der Waals surface area contributed by atoms with Gasteiger partial charge in [0.1, 0.15) is 0 Å². The number of nitrogens with one attached hydrogen (secondary N) is 1. The molecule has 0 unspecified atom stereocenters. The summed E-state index contributed by atoms with van der Waals surface area (Å²) in [5.74, 6) is -0.402. The summed E-state index contributed by atoms with van der Waals surface area (Å²) in [7, 11) is 3.14. The molecule has 0 radical (unpaired) electrons. The second-order valence-corrected chi connectivity index (χ2v) is 8.29. The van der Waals surface area contributed by atoms with Crippen LogP contribution in [0.4, 0.5) is 10.5 Å². The Labute approximate surface area is 203 Å². The van der Waals surface area contributed by atoms with Crippen LogP contribution < -0.4 is 10.2 Å². The van der Waals surface area contributed by atoms with Crippen molar-refractivity contribution in [2.45, 2.75) is 51.6 Å². The summed E-state index contributed by atoms with van der Waals surface area (Å²) in [6.45, 7) is 6.79. The van der Waals surface area contributed by atoms with Gasteiger partial charge in [-0.1, -0.05) is 75.1 Å². The number of anilines is 1. The number of urea groups is 1. The molecule has 0 aliphatic rings. The highest BCUT2D eigenvalue weighted by Crippen LogP contribution is 2.25. The van der Waals surface area contributed by atoms with E-state index < -0.39 is 12.1 Å². The van der Waals surface area contributed by atoms with Crippen LogP contribution in [0.1, 0.15) is 44.6 Å². The second kappa shape index (κ2) is 14.9. The highest BCUT2D eigenvalue weighted by molar-refractivity contribution is 5.92. The first-order chi connectivity index (χ1) is 16.5. The summed E-state index contributed by atoms with van der Waals surface area (Å²) in [4.78, 5) is 26.2. The average molecular weight is 467 g/mol. The molecule has 0 aliphatic carbocycles. The SMILES string of the molecule is C=CCO[C@@H](Cc1ccc(-c2cccc(N(C)C(=O)NCCCCCCC)c2)cc1)C(=O)OC. The van der Waals surface area contributed by atoms with E-state index in [0.717, 1.165) is 35.2 Å². The molecule has 0 bridgehead atoms. The predicted octanol–water partition coefficient (Wildman–Crippen LogP) is 5.76. The Morgan fingerprint density at radius 3 is 2.47 bits per heavy atom. The molecule has 0 fully saturated rings. The van der Waals surface area contributed by atoms with Crippen LogP contribution in [0, 0.1) is 0 Å². The van der Waals surface area contributed by atoms with E-state index in [4.69, 9.17) is 9.47 Å². The maximum absolute atomic E-state index is 12.5. The van der Waals surface area contributed by atoms with Gasteiger partial charge in [0.15, 0.2) is 6.10 Å². The molecule has 2 aromatic carbocycles. The Bertz CT molecular complexity index is 911. The first-order valence-corrected chi connectivity index (χ1v) is 12.0. The van der Waals surface area contributed by atoms with Crippen molar-refractivity contribution in [3.8, 4) is 11.1 Å². The molecule has 2 amide bonds. The zero-order chi connectivity index (χ0) is 24.8. The Balaban J connectivity index is 1.99. The second-order valence-electron chi connectivity index (χ2n) is 8.29. The maximum Gasteiger partial charge on any atom is 0.335 e. The summed E-state index contributed by atoms with van der Waals surface area (Å²) >= 11 is 0. The number of nitrogens with zero attached hydrogens (tertiary/aromatic N) is 1. The van der Waals surface area contributed by atoms with Gasteiger partial charge in [0.2, 0.25) is 0 Å². The maximum atomic E-state index is 12.5. The van der Waals surface area contributed by atoms with Gasteiger partial charge in [0, 0.05) is 25.7 Å². The van der Waals surface area contributed by atoms with Gasteiger partial charge in [-0.15, -0.1) is 6.58 Å². The number of amides is 2. The molecular weight excluding hydrogens is 428 g/mol. The van der Waals surface area contributed by atoms with Crippen LogP contribution in [0.2, 0.25) is 0 Å². The first-order valence-electron chi connectivity index (χ1n) is 12.0. The Morgan fingerprint density at radius 1 is 1.06 bits per heavy atom. The Morgan fingerprint density at radius 2 is 1.79 bits per heavy atom. The number of carbonyl (C=O) groups is 2. The number of benzene rings is 2. The number of rotatable bonds is 14. The van der Waals surface area contributed by atoms with Crippen LogP contribution in [0.15, 0.2) is 61.2 Å². The number of ether oxygens (including phenoxy) is 2. The molecule has 0 aliphatic heterocycles. The van der Waals surface area contributed by atoms with Crippen LogP contribution in [0.3, 0.4) is 0 Å². The van der Waals surface area contributed by atoms with Gasteiger partial charge in [-0.25, -0.2) is 9.59 Å². The molecule has 0 heterocycles. The fourth-order valence-corrected chi connectivity index (χ4v) is 3.63. The Kier molecular flexibility index (Phi) is 11.9. The fourth-order valence-electron chi connectivity index (χ4n) is 3.63. The zero-order valence-corrected chi connectivity index (χ0v) is 20.7. The number of unbranched alkanes of at least 4 members (excludes halogenated alkanes) is 4. The topological polar surface area (TPSA) is 67.9 Å². The van der Waals surface area contributed by atoms with Crippen LogP contribution in [-0.2, 0) is 20.7 Å². The molecule has 0 spiro atoms. The van der Waals surface area contributed by atoms with E-state index in [0.29, 0.717) is 13.0 Å². The molecule has 0 aromatic heterocycles. The van der Waals surface area contributed by atoms with E-state index in [1.54, 1.807) is 18.0 Å². The highest BCUT2D eigenvalue weighted by atomic mass is 16.6. The van der Waals surface area contributed by atoms with E-state index in [9.17, 15) is 9.59 Å². The standard InChI is InChI=1S/C28H38N2O4/c1-5-7-8-9-10-18-29-28(32)30(3)25-13-11-12-24(21-25)23-16-14-22(15-17-23)20-26(27(31)33-4)34-19-6-2/h6,11-17,21,26H,2,5,7-10,18-20H2,1,3-4H3,(H,29,32)/t26-/m0/s1. The van der Waals surface area contributed by atoms with Crippen molar-refractivity contribution in [2.24, 2.45) is 0 Å². The third-order valence-electron chi connectivity index (χ3n) is 5.68. The van der Waals surface area contributed by atoms with Crippen molar-refractivity contribution in [1.82, 2.24) is 5.32 Å². The molecule has 34 heavy (non-hydrogen) atoms. The highest BCUT2D eigenvalue weighted by Gasteiger charge is 2.20. The lowest BCUT2D eigenvalue weighted by Crippen LogP contribution is -2.37.